The van der Waals surface area contributed by atoms with E-state index >= 15 is 0 Å². The minimum Gasteiger partial charge on any atom is -0.463 e. The first-order chi connectivity index (χ1) is 22.3. The van der Waals surface area contributed by atoms with Gasteiger partial charge in [0.2, 0.25) is 0 Å². The molecule has 0 bridgehead atoms. The van der Waals surface area contributed by atoms with E-state index in [9.17, 15) is 44.3 Å². The molecule has 0 atom stereocenters. The van der Waals surface area contributed by atoms with Gasteiger partial charge in [-0.25, -0.2) is 0 Å². The van der Waals surface area contributed by atoms with Crippen molar-refractivity contribution in [3.05, 3.63) is 58.7 Å². The highest BCUT2D eigenvalue weighted by atomic mass is 35.5. The summed E-state index contributed by atoms with van der Waals surface area (Å²) in [4.78, 5) is 15.5. The van der Waals surface area contributed by atoms with Gasteiger partial charge < -0.3 is 14.5 Å². The fourth-order valence-corrected chi connectivity index (χ4v) is 6.31. The van der Waals surface area contributed by atoms with Crippen molar-refractivity contribution in [2.45, 2.75) is 81.5 Å². The Bertz CT molecular complexity index is 1530. The average Bonchev–Trinajstić information content (AvgIpc) is 3.41. The number of rotatable bonds is 11. The van der Waals surface area contributed by atoms with Crippen LogP contribution in [0.3, 0.4) is 0 Å². The van der Waals surface area contributed by atoms with Gasteiger partial charge in [0.1, 0.15) is 6.10 Å². The highest BCUT2D eigenvalue weighted by molar-refractivity contribution is 8.00. The summed E-state index contributed by atoms with van der Waals surface area (Å²) in [6.07, 6.45) is -7.58. The number of hydrogen-bond acceptors (Lipinski definition) is 8. The Morgan fingerprint density at radius 3 is 2.02 bits per heavy atom. The number of nitrogens with zero attached hydrogens (tertiary/aromatic N) is 6. The number of alkyl halides is 9. The third-order valence-electron chi connectivity index (χ3n) is 7.77. The molecule has 1 fully saturated rings. The van der Waals surface area contributed by atoms with Gasteiger partial charge in [-0.3, -0.25) is 4.79 Å². The molecule has 1 heterocycles. The Hall–Kier alpha value is -3.41. The largest absolute Gasteiger partial charge is 0.463 e. The van der Waals surface area contributed by atoms with E-state index in [2.05, 4.69) is 15.4 Å². The summed E-state index contributed by atoms with van der Waals surface area (Å²) in [6.45, 7) is 3.31. The molecule has 2 aromatic carbocycles. The lowest BCUT2D eigenvalue weighted by Gasteiger charge is -2.34. The number of thioether (sulfide) groups is 1. The zero-order valence-electron chi connectivity index (χ0n) is 26.5. The molecule has 8 nitrogen and oxygen atoms in total. The van der Waals surface area contributed by atoms with Gasteiger partial charge >= 0.3 is 23.8 Å². The minimum atomic E-state index is -5.08. The van der Waals surface area contributed by atoms with Gasteiger partial charge in [0.15, 0.2) is 0 Å². The van der Waals surface area contributed by atoms with Gasteiger partial charge in [-0.05, 0) is 103 Å². The summed E-state index contributed by atoms with van der Waals surface area (Å²) in [5, 5.41) is 11.7. The maximum atomic E-state index is 13.6. The van der Waals surface area contributed by atoms with E-state index in [0.717, 1.165) is 17.6 Å². The van der Waals surface area contributed by atoms with Crippen LogP contribution in [0.1, 0.15) is 61.8 Å². The van der Waals surface area contributed by atoms with E-state index in [0.29, 0.717) is 49.3 Å². The maximum Gasteiger partial charge on any atom is 0.446 e. The van der Waals surface area contributed by atoms with Gasteiger partial charge in [-0.2, -0.15) is 44.3 Å². The zero-order valence-corrected chi connectivity index (χ0v) is 28.1. The van der Waals surface area contributed by atoms with Crippen LogP contribution in [-0.4, -0.2) is 50.9 Å². The molecule has 0 unspecified atom stereocenters. The number of tetrazole rings is 1. The number of ether oxygens (including phenoxy) is 1. The number of halogens is 10. The van der Waals surface area contributed by atoms with Gasteiger partial charge in [0.05, 0.1) is 18.2 Å². The number of carbonyl (C=O) groups excluding carboxylic acids is 1. The van der Waals surface area contributed by atoms with E-state index in [-0.39, 0.29) is 71.2 Å². The average molecular weight is 749 g/mol. The Morgan fingerprint density at radius 2 is 1.53 bits per heavy atom. The molecule has 1 aromatic heterocycles. The van der Waals surface area contributed by atoms with Crippen LogP contribution in [0.5, 0.6) is 0 Å². The van der Waals surface area contributed by atoms with Gasteiger partial charge in [-0.1, -0.05) is 5.10 Å². The Morgan fingerprint density at radius 1 is 0.918 bits per heavy atom. The van der Waals surface area contributed by atoms with E-state index < -0.39 is 35.5 Å². The first-order valence-corrected chi connectivity index (χ1v) is 15.7. The summed E-state index contributed by atoms with van der Waals surface area (Å²) in [7, 11) is 1.40. The Labute approximate surface area is 286 Å². The molecule has 0 radical (unpaired) electrons. The molecule has 0 saturated heterocycles. The molecule has 272 valence electrons. The van der Waals surface area contributed by atoms with Crippen molar-refractivity contribution in [3.63, 3.8) is 0 Å². The predicted octanol–water partition coefficient (Wildman–Crippen LogP) is 8.44. The Kier molecular flexibility index (Phi) is 13.1. The number of anilines is 2. The van der Waals surface area contributed by atoms with Crippen molar-refractivity contribution >= 4 is 41.8 Å². The SMILES string of the molecule is CCN(CC1CCC(OC(C)=O)CC1)c1ccc(SC(F)(F)F)cc1CN(Cc1cc(C(F)(F)F)cc(C(F)(F)F)c1)c1nnn(C)n1.Cl. The number of hydrogen-bond donors (Lipinski definition) is 0. The summed E-state index contributed by atoms with van der Waals surface area (Å²) in [5.74, 6) is -0.357. The van der Waals surface area contributed by atoms with Gasteiger partial charge in [0, 0.05) is 43.7 Å². The lowest BCUT2D eigenvalue weighted by molar-refractivity contribution is -0.148. The van der Waals surface area contributed by atoms with Crippen LogP contribution in [0.25, 0.3) is 0 Å². The lowest BCUT2D eigenvalue weighted by atomic mass is 9.86. The molecule has 1 saturated carbocycles. The fraction of sp³-hybridized carbons (Fsp3) is 0.533. The third-order valence-corrected chi connectivity index (χ3v) is 8.50. The van der Waals surface area contributed by atoms with E-state index in [1.807, 2.05) is 11.8 Å². The molecule has 3 aromatic rings. The number of aryl methyl sites for hydroxylation is 1. The van der Waals surface area contributed by atoms with Crippen molar-refractivity contribution in [3.8, 4) is 0 Å². The molecule has 0 spiro atoms. The first-order valence-electron chi connectivity index (χ1n) is 14.9. The molecule has 19 heteroatoms. The summed E-state index contributed by atoms with van der Waals surface area (Å²) in [5.41, 5.74) is -7.17. The second-order valence-electron chi connectivity index (χ2n) is 11.5. The molecule has 0 N–H and O–H groups in total. The molecule has 1 aliphatic rings. The van der Waals surface area contributed by atoms with Crippen molar-refractivity contribution in [1.82, 2.24) is 20.2 Å². The van der Waals surface area contributed by atoms with Crippen LogP contribution in [0, 0.1) is 5.92 Å². The van der Waals surface area contributed by atoms with E-state index in [1.165, 1.54) is 37.1 Å². The Balaban J connectivity index is 0.00000650. The van der Waals surface area contributed by atoms with Gasteiger partial charge in [-0.15, -0.1) is 17.5 Å². The first kappa shape index (κ1) is 40.0. The van der Waals surface area contributed by atoms with Crippen LogP contribution >= 0.6 is 24.2 Å². The standard InChI is InChI=1S/C30H33F9N6O2S.ClH/c1-4-44(15-19-5-7-24(8-6-19)47-18(2)46)26-10-9-25(48-30(37,38)39)13-21(26)17-45(27-40-42-43(3)41-27)16-20-11-22(28(31,32)33)14-23(12-20)29(34,35)36;/h9-14,19,24H,4-8,15-17H2,1-3H3;1H. The molecule has 4 rings (SSSR count). The van der Waals surface area contributed by atoms with Crippen molar-refractivity contribution in [2.75, 3.05) is 22.9 Å². The molecule has 0 aliphatic heterocycles. The number of esters is 1. The van der Waals surface area contributed by atoms with Crippen molar-refractivity contribution in [2.24, 2.45) is 13.0 Å². The third kappa shape index (κ3) is 11.6. The van der Waals surface area contributed by atoms with Crippen molar-refractivity contribution in [1.29, 1.82) is 0 Å². The fourth-order valence-electron chi connectivity index (χ4n) is 5.71. The highest BCUT2D eigenvalue weighted by Gasteiger charge is 2.37. The lowest BCUT2D eigenvalue weighted by Crippen LogP contribution is -2.34. The molecular formula is C30H34ClF9N6O2S. The van der Waals surface area contributed by atoms with E-state index in [1.54, 1.807) is 0 Å². The van der Waals surface area contributed by atoms with Crippen LogP contribution in [0.15, 0.2) is 41.3 Å². The zero-order chi connectivity index (χ0) is 35.4. The predicted molar refractivity (Wildman–Crippen MR) is 166 cm³/mol. The molecule has 49 heavy (non-hydrogen) atoms. The number of carbonyl (C=O) groups is 1. The summed E-state index contributed by atoms with van der Waals surface area (Å²) < 4.78 is 127. The van der Waals surface area contributed by atoms with Gasteiger partial charge in [0.25, 0.3) is 5.95 Å². The molecule has 1 aliphatic carbocycles. The highest BCUT2D eigenvalue weighted by Crippen LogP contribution is 2.40. The van der Waals surface area contributed by atoms with Crippen LogP contribution in [-0.2, 0) is 42.0 Å². The van der Waals surface area contributed by atoms with Crippen molar-refractivity contribution < 1.29 is 49.0 Å². The quantitative estimate of drug-likeness (QED) is 0.110. The topological polar surface area (TPSA) is 76.4 Å². The van der Waals surface area contributed by atoms with Crippen LogP contribution in [0.4, 0.5) is 51.1 Å². The van der Waals surface area contributed by atoms with E-state index in [4.69, 9.17) is 4.74 Å². The summed E-state index contributed by atoms with van der Waals surface area (Å²) in [6, 6.07) is 5.31. The molecule has 0 amide bonds. The van der Waals surface area contributed by atoms with Crippen LogP contribution < -0.4 is 9.80 Å². The smallest absolute Gasteiger partial charge is 0.446 e. The maximum absolute atomic E-state index is 13.6. The second kappa shape index (κ2) is 16.1. The molecular weight excluding hydrogens is 715 g/mol. The number of aromatic nitrogens is 4. The summed E-state index contributed by atoms with van der Waals surface area (Å²) >= 11 is -0.352. The second-order valence-corrected chi connectivity index (χ2v) is 12.6. The normalized spacial score (nSPS) is 17.0. The minimum absolute atomic E-state index is 0. The monoisotopic (exact) mass is 748 g/mol. The van der Waals surface area contributed by atoms with Crippen LogP contribution in [0.2, 0.25) is 0 Å². The number of benzene rings is 2.